The molecule has 0 aliphatic carbocycles. The molecule has 94 valence electrons. The van der Waals surface area contributed by atoms with E-state index in [4.69, 9.17) is 10.8 Å². The average Bonchev–Trinajstić information content (AvgIpc) is 2.36. The molecular formula is C12H18N2O3. The predicted octanol–water partition coefficient (Wildman–Crippen LogP) is -0.104. The molecule has 0 radical (unpaired) electrons. The Morgan fingerprint density at radius 2 is 2.06 bits per heavy atom. The van der Waals surface area contributed by atoms with E-state index in [0.717, 1.165) is 5.56 Å². The van der Waals surface area contributed by atoms with Gasteiger partial charge in [-0.3, -0.25) is 4.79 Å². The lowest BCUT2D eigenvalue weighted by Gasteiger charge is -2.30. The molecule has 1 aromatic rings. The third-order valence-corrected chi connectivity index (χ3v) is 2.76. The second-order valence-corrected chi connectivity index (χ2v) is 4.18. The van der Waals surface area contributed by atoms with E-state index in [9.17, 15) is 9.90 Å². The number of aliphatic carboxylic acids is 1. The van der Waals surface area contributed by atoms with E-state index in [1.165, 1.54) is 0 Å². The number of carboxylic acid groups (broad SMARTS) is 1. The van der Waals surface area contributed by atoms with Crippen LogP contribution in [0, 0.1) is 0 Å². The molecule has 17 heavy (non-hydrogen) atoms. The fourth-order valence-corrected chi connectivity index (χ4v) is 1.48. The Balaban J connectivity index is 2.73. The van der Waals surface area contributed by atoms with Crippen molar-refractivity contribution >= 4 is 5.97 Å². The first-order valence-corrected chi connectivity index (χ1v) is 5.39. The highest BCUT2D eigenvalue weighted by Gasteiger charge is 2.26. The van der Waals surface area contributed by atoms with Crippen LogP contribution >= 0.6 is 0 Å². The molecule has 0 saturated heterocycles. The van der Waals surface area contributed by atoms with Crippen molar-refractivity contribution in [2.45, 2.75) is 18.5 Å². The molecule has 5 heteroatoms. The average molecular weight is 238 g/mol. The summed E-state index contributed by atoms with van der Waals surface area (Å²) in [5.41, 5.74) is 5.62. The van der Waals surface area contributed by atoms with Crippen LogP contribution in [-0.2, 0) is 10.3 Å². The van der Waals surface area contributed by atoms with E-state index < -0.39 is 17.6 Å². The number of rotatable bonds is 6. The first-order valence-electron chi connectivity index (χ1n) is 5.39. The molecule has 0 heterocycles. The van der Waals surface area contributed by atoms with Crippen LogP contribution in [0.1, 0.15) is 12.5 Å². The molecule has 0 saturated carbocycles. The van der Waals surface area contributed by atoms with Gasteiger partial charge in [-0.2, -0.15) is 0 Å². The van der Waals surface area contributed by atoms with Crippen molar-refractivity contribution in [2.75, 3.05) is 13.2 Å². The molecule has 5 nitrogen and oxygen atoms in total. The molecule has 0 aliphatic rings. The molecule has 0 bridgehead atoms. The molecule has 0 aliphatic heterocycles. The molecule has 0 spiro atoms. The lowest BCUT2D eigenvalue weighted by Crippen LogP contribution is -2.50. The Kier molecular flexibility index (Phi) is 4.62. The summed E-state index contributed by atoms with van der Waals surface area (Å²) in [6.45, 7) is 1.77. The summed E-state index contributed by atoms with van der Waals surface area (Å²) in [5, 5.41) is 21.1. The van der Waals surface area contributed by atoms with Crippen LogP contribution in [0.15, 0.2) is 30.3 Å². The molecule has 0 amide bonds. The van der Waals surface area contributed by atoms with E-state index in [1.807, 2.05) is 30.3 Å². The highest BCUT2D eigenvalue weighted by Crippen LogP contribution is 2.19. The maximum absolute atomic E-state index is 10.6. The summed E-state index contributed by atoms with van der Waals surface area (Å²) in [6, 6.07) is 8.36. The van der Waals surface area contributed by atoms with Gasteiger partial charge in [0.25, 0.3) is 0 Å². The Bertz CT molecular complexity index is 369. The van der Waals surface area contributed by atoms with Gasteiger partial charge in [0.2, 0.25) is 0 Å². The number of hydrogen-bond acceptors (Lipinski definition) is 4. The van der Waals surface area contributed by atoms with Gasteiger partial charge in [0.1, 0.15) is 6.04 Å². The zero-order valence-corrected chi connectivity index (χ0v) is 9.76. The molecule has 1 aromatic carbocycles. The minimum absolute atomic E-state index is 0.0985. The first kappa shape index (κ1) is 13.6. The van der Waals surface area contributed by atoms with Crippen LogP contribution in [0.5, 0.6) is 0 Å². The van der Waals surface area contributed by atoms with Crippen molar-refractivity contribution in [3.05, 3.63) is 35.9 Å². The van der Waals surface area contributed by atoms with E-state index in [0.29, 0.717) is 0 Å². The molecule has 5 N–H and O–H groups in total. The minimum Gasteiger partial charge on any atom is -0.480 e. The van der Waals surface area contributed by atoms with Crippen molar-refractivity contribution < 1.29 is 15.0 Å². The van der Waals surface area contributed by atoms with Gasteiger partial charge < -0.3 is 21.3 Å². The van der Waals surface area contributed by atoms with Gasteiger partial charge in [0.15, 0.2) is 0 Å². The van der Waals surface area contributed by atoms with Crippen molar-refractivity contribution in [1.29, 1.82) is 0 Å². The van der Waals surface area contributed by atoms with Crippen LogP contribution in [0.25, 0.3) is 0 Å². The topological polar surface area (TPSA) is 95.6 Å². The number of carbonyl (C=O) groups is 1. The van der Waals surface area contributed by atoms with E-state index in [2.05, 4.69) is 5.32 Å². The SMILES string of the molecule is CC(CO)(NCC(N)C(=O)O)c1ccccc1. The number of carboxylic acids is 1. The van der Waals surface area contributed by atoms with Gasteiger partial charge in [0, 0.05) is 6.54 Å². The Hall–Kier alpha value is -1.43. The van der Waals surface area contributed by atoms with Gasteiger partial charge in [-0.25, -0.2) is 0 Å². The lowest BCUT2D eigenvalue weighted by atomic mass is 9.92. The fourth-order valence-electron chi connectivity index (χ4n) is 1.48. The van der Waals surface area contributed by atoms with Crippen LogP contribution in [0.4, 0.5) is 0 Å². The summed E-state index contributed by atoms with van der Waals surface area (Å²) in [7, 11) is 0. The molecule has 2 atom stereocenters. The molecular weight excluding hydrogens is 220 g/mol. The fraction of sp³-hybridized carbons (Fsp3) is 0.417. The van der Waals surface area contributed by atoms with E-state index in [1.54, 1.807) is 6.92 Å². The van der Waals surface area contributed by atoms with Gasteiger partial charge >= 0.3 is 5.97 Å². The second-order valence-electron chi connectivity index (χ2n) is 4.18. The van der Waals surface area contributed by atoms with Crippen LogP contribution < -0.4 is 11.1 Å². The van der Waals surface area contributed by atoms with Crippen molar-refractivity contribution in [3.8, 4) is 0 Å². The van der Waals surface area contributed by atoms with E-state index >= 15 is 0 Å². The number of nitrogens with one attached hydrogen (secondary N) is 1. The van der Waals surface area contributed by atoms with Crippen LogP contribution in [0.2, 0.25) is 0 Å². The van der Waals surface area contributed by atoms with Crippen LogP contribution in [0.3, 0.4) is 0 Å². The third-order valence-electron chi connectivity index (χ3n) is 2.76. The van der Waals surface area contributed by atoms with Crippen molar-refractivity contribution in [2.24, 2.45) is 5.73 Å². The van der Waals surface area contributed by atoms with E-state index in [-0.39, 0.29) is 13.2 Å². The zero-order valence-electron chi connectivity index (χ0n) is 9.76. The molecule has 0 fully saturated rings. The largest absolute Gasteiger partial charge is 0.480 e. The smallest absolute Gasteiger partial charge is 0.321 e. The van der Waals surface area contributed by atoms with Gasteiger partial charge in [-0.15, -0.1) is 0 Å². The standard InChI is InChI=1S/C12H18N2O3/c1-12(8-15,9-5-3-2-4-6-9)14-7-10(13)11(16)17/h2-6,10,14-15H,7-8,13H2,1H3,(H,16,17). The predicted molar refractivity (Wildman–Crippen MR) is 64.5 cm³/mol. The summed E-state index contributed by atoms with van der Waals surface area (Å²) in [4.78, 5) is 10.6. The quantitative estimate of drug-likeness (QED) is 0.555. The minimum atomic E-state index is -1.06. The summed E-state index contributed by atoms with van der Waals surface area (Å²) in [5.74, 6) is -1.06. The maximum Gasteiger partial charge on any atom is 0.321 e. The highest BCUT2D eigenvalue weighted by atomic mass is 16.4. The summed E-state index contributed by atoms with van der Waals surface area (Å²) in [6.07, 6.45) is 0. The lowest BCUT2D eigenvalue weighted by molar-refractivity contribution is -0.138. The third kappa shape index (κ3) is 3.52. The number of benzene rings is 1. The molecule has 1 rings (SSSR count). The first-order chi connectivity index (χ1) is 7.99. The zero-order chi connectivity index (χ0) is 12.9. The van der Waals surface area contributed by atoms with Gasteiger partial charge in [-0.05, 0) is 12.5 Å². The Morgan fingerprint density at radius 1 is 1.47 bits per heavy atom. The summed E-state index contributed by atoms with van der Waals surface area (Å²) >= 11 is 0. The van der Waals surface area contributed by atoms with Crippen molar-refractivity contribution in [3.63, 3.8) is 0 Å². The number of hydrogen-bond donors (Lipinski definition) is 4. The van der Waals surface area contributed by atoms with Crippen LogP contribution in [-0.4, -0.2) is 35.4 Å². The number of aliphatic hydroxyl groups excluding tert-OH is 1. The molecule has 2 unspecified atom stereocenters. The Morgan fingerprint density at radius 3 is 2.53 bits per heavy atom. The normalized spacial score (nSPS) is 16.2. The molecule has 0 aromatic heterocycles. The van der Waals surface area contributed by atoms with Crippen molar-refractivity contribution in [1.82, 2.24) is 5.32 Å². The van der Waals surface area contributed by atoms with Gasteiger partial charge in [0.05, 0.1) is 12.1 Å². The Labute approximate surface area is 100 Å². The highest BCUT2D eigenvalue weighted by molar-refractivity contribution is 5.73. The number of aliphatic hydroxyl groups is 1. The summed E-state index contributed by atoms with van der Waals surface area (Å²) < 4.78 is 0. The second kappa shape index (κ2) is 5.77. The van der Waals surface area contributed by atoms with Gasteiger partial charge in [-0.1, -0.05) is 30.3 Å². The number of nitrogens with two attached hydrogens (primary N) is 1. The monoisotopic (exact) mass is 238 g/mol. The maximum atomic E-state index is 10.6.